The van der Waals surface area contributed by atoms with Crippen LogP contribution in [0.4, 0.5) is 0 Å². The van der Waals surface area contributed by atoms with Crippen molar-refractivity contribution in [3.63, 3.8) is 0 Å². The van der Waals surface area contributed by atoms with Crippen LogP contribution in [0.2, 0.25) is 5.02 Å². The van der Waals surface area contributed by atoms with E-state index in [1.165, 1.54) is 10.8 Å². The fourth-order valence-electron chi connectivity index (χ4n) is 2.73. The molecule has 1 aromatic heterocycles. The Bertz CT molecular complexity index is 1020. The van der Waals surface area contributed by atoms with Crippen LogP contribution in [0.15, 0.2) is 60.7 Å². The second kappa shape index (κ2) is 4.72. The number of imidazole rings is 1. The SMILES string of the molecule is S=c1[nH]c2cc(Cl)ccc2n1-c1cccc2ccccc12. The van der Waals surface area contributed by atoms with E-state index in [0.717, 1.165) is 16.7 Å². The van der Waals surface area contributed by atoms with Crippen LogP contribution in [0.5, 0.6) is 0 Å². The van der Waals surface area contributed by atoms with Crippen LogP contribution < -0.4 is 0 Å². The molecule has 1 N–H and O–H groups in total. The molecule has 0 saturated carbocycles. The molecule has 4 aromatic rings. The summed E-state index contributed by atoms with van der Waals surface area (Å²) >= 11 is 11.6. The minimum absolute atomic E-state index is 0.670. The van der Waals surface area contributed by atoms with Gasteiger partial charge in [-0.3, -0.25) is 4.57 Å². The third-order valence-electron chi connectivity index (χ3n) is 3.65. The van der Waals surface area contributed by atoms with E-state index in [1.54, 1.807) is 0 Å². The Morgan fingerprint density at radius 3 is 2.67 bits per heavy atom. The van der Waals surface area contributed by atoms with E-state index in [9.17, 15) is 0 Å². The standard InChI is InChI=1S/C17H11ClN2S/c18-12-8-9-16-14(10-12)19-17(21)20(16)15-7-3-5-11-4-1-2-6-13(11)15/h1-10H,(H,19,21). The highest BCUT2D eigenvalue weighted by Gasteiger charge is 2.09. The van der Waals surface area contributed by atoms with Gasteiger partial charge >= 0.3 is 0 Å². The summed E-state index contributed by atoms with van der Waals surface area (Å²) in [6, 6.07) is 20.3. The number of aromatic nitrogens is 2. The summed E-state index contributed by atoms with van der Waals surface area (Å²) in [6.07, 6.45) is 0. The normalized spacial score (nSPS) is 11.3. The first-order valence-electron chi connectivity index (χ1n) is 6.62. The molecule has 0 unspecified atom stereocenters. The van der Waals surface area contributed by atoms with Crippen molar-refractivity contribution >= 4 is 45.6 Å². The highest BCUT2D eigenvalue weighted by atomic mass is 35.5. The predicted octanol–water partition coefficient (Wildman–Crippen LogP) is 5.49. The zero-order valence-corrected chi connectivity index (χ0v) is 12.6. The molecule has 0 radical (unpaired) electrons. The van der Waals surface area contributed by atoms with Crippen LogP contribution in [-0.4, -0.2) is 9.55 Å². The molecular weight excluding hydrogens is 300 g/mol. The van der Waals surface area contributed by atoms with Gasteiger partial charge in [-0.1, -0.05) is 48.0 Å². The molecule has 21 heavy (non-hydrogen) atoms. The number of hydrogen-bond donors (Lipinski definition) is 1. The predicted molar refractivity (Wildman–Crippen MR) is 91.0 cm³/mol. The second-order valence-corrected chi connectivity index (χ2v) is 5.75. The number of nitrogens with one attached hydrogen (secondary N) is 1. The highest BCUT2D eigenvalue weighted by Crippen LogP contribution is 2.27. The largest absolute Gasteiger partial charge is 0.330 e. The number of nitrogens with zero attached hydrogens (tertiary/aromatic N) is 1. The van der Waals surface area contributed by atoms with Crippen LogP contribution >= 0.6 is 23.8 Å². The smallest absolute Gasteiger partial charge is 0.182 e. The van der Waals surface area contributed by atoms with Gasteiger partial charge in [0.1, 0.15) is 0 Å². The van der Waals surface area contributed by atoms with Crippen molar-refractivity contribution in [2.24, 2.45) is 0 Å². The third-order valence-corrected chi connectivity index (χ3v) is 4.17. The fraction of sp³-hybridized carbons (Fsp3) is 0. The van der Waals surface area contributed by atoms with Gasteiger partial charge in [-0.25, -0.2) is 0 Å². The van der Waals surface area contributed by atoms with Crippen molar-refractivity contribution in [2.75, 3.05) is 0 Å². The first kappa shape index (κ1) is 12.6. The molecule has 0 aliphatic carbocycles. The lowest BCUT2D eigenvalue weighted by Gasteiger charge is -2.08. The van der Waals surface area contributed by atoms with Crippen molar-refractivity contribution in [1.82, 2.24) is 9.55 Å². The number of hydrogen-bond acceptors (Lipinski definition) is 1. The van der Waals surface area contributed by atoms with Gasteiger partial charge in [0.2, 0.25) is 0 Å². The molecule has 0 spiro atoms. The molecule has 102 valence electrons. The van der Waals surface area contributed by atoms with E-state index in [4.69, 9.17) is 23.8 Å². The third kappa shape index (κ3) is 1.97. The Hall–Kier alpha value is -2.10. The minimum atomic E-state index is 0.670. The molecule has 0 saturated heterocycles. The summed E-state index contributed by atoms with van der Waals surface area (Å²) in [6.45, 7) is 0. The van der Waals surface area contributed by atoms with Crippen molar-refractivity contribution in [1.29, 1.82) is 0 Å². The molecule has 0 fully saturated rings. The maximum Gasteiger partial charge on any atom is 0.182 e. The van der Waals surface area contributed by atoms with Gasteiger partial charge in [0, 0.05) is 10.4 Å². The molecule has 4 heteroatoms. The van der Waals surface area contributed by atoms with Gasteiger partial charge in [0.05, 0.1) is 16.7 Å². The Morgan fingerprint density at radius 2 is 1.76 bits per heavy atom. The zero-order chi connectivity index (χ0) is 14.4. The zero-order valence-electron chi connectivity index (χ0n) is 11.0. The summed E-state index contributed by atoms with van der Waals surface area (Å²) in [5.41, 5.74) is 3.05. The Morgan fingerprint density at radius 1 is 0.952 bits per heavy atom. The van der Waals surface area contributed by atoms with Crippen LogP contribution in [0.1, 0.15) is 0 Å². The summed E-state index contributed by atoms with van der Waals surface area (Å²) in [4.78, 5) is 3.22. The number of aromatic amines is 1. The lowest BCUT2D eigenvalue weighted by Crippen LogP contribution is -1.95. The minimum Gasteiger partial charge on any atom is -0.330 e. The van der Waals surface area contributed by atoms with E-state index in [-0.39, 0.29) is 0 Å². The van der Waals surface area contributed by atoms with Gasteiger partial charge in [0.15, 0.2) is 4.77 Å². The Kier molecular flexibility index (Phi) is 2.84. The first-order chi connectivity index (χ1) is 10.2. The van der Waals surface area contributed by atoms with Gasteiger partial charge in [-0.15, -0.1) is 0 Å². The van der Waals surface area contributed by atoms with Crippen LogP contribution in [0.3, 0.4) is 0 Å². The van der Waals surface area contributed by atoms with Crippen molar-refractivity contribution in [3.8, 4) is 5.69 Å². The molecule has 4 rings (SSSR count). The van der Waals surface area contributed by atoms with E-state index < -0.39 is 0 Å². The van der Waals surface area contributed by atoms with Crippen molar-refractivity contribution in [2.45, 2.75) is 0 Å². The number of halogens is 1. The molecule has 1 heterocycles. The summed E-state index contributed by atoms with van der Waals surface area (Å²) < 4.78 is 2.73. The van der Waals surface area contributed by atoms with E-state index in [1.807, 2.05) is 36.4 Å². The molecule has 0 aliphatic rings. The van der Waals surface area contributed by atoms with Crippen LogP contribution in [0, 0.1) is 4.77 Å². The molecular formula is C17H11ClN2S. The molecule has 0 atom stereocenters. The molecule has 0 amide bonds. The van der Waals surface area contributed by atoms with Gasteiger partial charge in [-0.05, 0) is 41.9 Å². The summed E-state index contributed by atoms with van der Waals surface area (Å²) in [5.74, 6) is 0. The van der Waals surface area contributed by atoms with Crippen LogP contribution in [-0.2, 0) is 0 Å². The lowest BCUT2D eigenvalue weighted by atomic mass is 10.1. The lowest BCUT2D eigenvalue weighted by molar-refractivity contribution is 1.08. The number of benzene rings is 3. The first-order valence-corrected chi connectivity index (χ1v) is 7.41. The second-order valence-electron chi connectivity index (χ2n) is 4.93. The van der Waals surface area contributed by atoms with Crippen LogP contribution in [0.25, 0.3) is 27.5 Å². The average Bonchev–Trinajstić information content (AvgIpc) is 2.81. The maximum atomic E-state index is 6.06. The van der Waals surface area contributed by atoms with Crippen molar-refractivity contribution < 1.29 is 0 Å². The molecule has 2 nitrogen and oxygen atoms in total. The fourth-order valence-corrected chi connectivity index (χ4v) is 3.21. The molecule has 0 aliphatic heterocycles. The average molecular weight is 311 g/mol. The highest BCUT2D eigenvalue weighted by molar-refractivity contribution is 7.71. The van der Waals surface area contributed by atoms with Gasteiger partial charge in [-0.2, -0.15) is 0 Å². The van der Waals surface area contributed by atoms with Gasteiger partial charge in [0.25, 0.3) is 0 Å². The van der Waals surface area contributed by atoms with Crippen molar-refractivity contribution in [3.05, 3.63) is 70.5 Å². The number of rotatable bonds is 1. The van der Waals surface area contributed by atoms with E-state index >= 15 is 0 Å². The van der Waals surface area contributed by atoms with E-state index in [0.29, 0.717) is 9.79 Å². The quantitative estimate of drug-likeness (QED) is 0.461. The maximum absolute atomic E-state index is 6.06. The monoisotopic (exact) mass is 310 g/mol. The Balaban J connectivity index is 2.14. The summed E-state index contributed by atoms with van der Waals surface area (Å²) in [5, 5.41) is 3.07. The Labute approximate surface area is 131 Å². The summed E-state index contributed by atoms with van der Waals surface area (Å²) in [7, 11) is 0. The molecule has 0 bridgehead atoms. The topological polar surface area (TPSA) is 20.7 Å². The molecule has 3 aromatic carbocycles. The number of fused-ring (bicyclic) bond motifs is 2. The number of H-pyrrole nitrogens is 1. The van der Waals surface area contributed by atoms with Gasteiger partial charge < -0.3 is 4.98 Å². The van der Waals surface area contributed by atoms with E-state index in [2.05, 4.69) is 33.8 Å².